The van der Waals surface area contributed by atoms with E-state index in [9.17, 15) is 0 Å². The molecule has 5 nitrogen and oxygen atoms in total. The molecule has 0 bridgehead atoms. The van der Waals surface area contributed by atoms with Crippen LogP contribution in [0.4, 0.5) is 0 Å². The minimum Gasteiger partial charge on any atom is -0.394 e. The van der Waals surface area contributed by atoms with Crippen molar-refractivity contribution < 1.29 is 5.11 Å². The number of hydrogen-bond acceptors (Lipinski definition) is 4. The van der Waals surface area contributed by atoms with Gasteiger partial charge in [0.2, 0.25) is 0 Å². The smallest absolute Gasteiger partial charge is 0.105 e. The fraction of sp³-hybridized carbons (Fsp3) is 0.667. The third kappa shape index (κ3) is 1.55. The quantitative estimate of drug-likeness (QED) is 0.543. The maximum Gasteiger partial charge on any atom is 0.105 e. The van der Waals surface area contributed by atoms with Gasteiger partial charge in [-0.2, -0.15) is 15.4 Å². The van der Waals surface area contributed by atoms with Gasteiger partial charge in [0.25, 0.3) is 0 Å². The fourth-order valence-electron chi connectivity index (χ4n) is 0.905. The number of nitrogens with one attached hydrogen (secondary N) is 1. The molecule has 0 aliphatic carbocycles. The topological polar surface area (TPSA) is 87.8 Å². The molecule has 0 aromatic carbocycles. The third-order valence-electron chi connectivity index (χ3n) is 1.53. The lowest BCUT2D eigenvalue weighted by Gasteiger charge is -2.03. The molecular formula is C6H12N4O. The van der Waals surface area contributed by atoms with Gasteiger partial charge < -0.3 is 10.8 Å². The second-order valence-corrected chi connectivity index (χ2v) is 2.30. The number of nitrogens with zero attached hydrogens (tertiary/aromatic N) is 2. The number of aryl methyl sites for hydroxylation is 1. The summed E-state index contributed by atoms with van der Waals surface area (Å²) >= 11 is 0. The fourth-order valence-corrected chi connectivity index (χ4v) is 0.905. The lowest BCUT2D eigenvalue weighted by Crippen LogP contribution is -2.16. The number of hydrogen-bond donors (Lipinski definition) is 3. The van der Waals surface area contributed by atoms with Gasteiger partial charge >= 0.3 is 0 Å². The largest absolute Gasteiger partial charge is 0.394 e. The SMILES string of the molecule is CCc1n[nH]nc1C(N)CO. The van der Waals surface area contributed by atoms with Crippen molar-refractivity contribution in [3.63, 3.8) is 0 Å². The van der Waals surface area contributed by atoms with Crippen LogP contribution in [-0.4, -0.2) is 27.1 Å². The van der Waals surface area contributed by atoms with Crippen molar-refractivity contribution >= 4 is 0 Å². The zero-order valence-corrected chi connectivity index (χ0v) is 6.41. The van der Waals surface area contributed by atoms with Crippen LogP contribution in [0.1, 0.15) is 24.4 Å². The maximum absolute atomic E-state index is 8.72. The van der Waals surface area contributed by atoms with Crippen LogP contribution in [0.3, 0.4) is 0 Å². The third-order valence-corrected chi connectivity index (χ3v) is 1.53. The normalized spacial score (nSPS) is 13.4. The summed E-state index contributed by atoms with van der Waals surface area (Å²) in [6.45, 7) is 1.87. The molecule has 0 spiro atoms. The number of H-pyrrole nitrogens is 1. The summed E-state index contributed by atoms with van der Waals surface area (Å²) in [4.78, 5) is 0. The number of aromatic nitrogens is 3. The molecule has 1 unspecified atom stereocenters. The van der Waals surface area contributed by atoms with E-state index in [1.807, 2.05) is 6.92 Å². The summed E-state index contributed by atoms with van der Waals surface area (Å²) in [6.07, 6.45) is 0.777. The molecule has 62 valence electrons. The molecule has 0 fully saturated rings. The van der Waals surface area contributed by atoms with Gasteiger partial charge in [0.1, 0.15) is 5.69 Å². The van der Waals surface area contributed by atoms with Crippen molar-refractivity contribution in [3.8, 4) is 0 Å². The van der Waals surface area contributed by atoms with Crippen LogP contribution in [-0.2, 0) is 6.42 Å². The standard InChI is InChI=1S/C6H12N4O/c1-2-5-6(4(7)3-11)9-10-8-5/h4,11H,2-3,7H2,1H3,(H,8,9,10). The summed E-state index contributed by atoms with van der Waals surface area (Å²) < 4.78 is 0. The highest BCUT2D eigenvalue weighted by molar-refractivity contribution is 5.12. The molecule has 0 radical (unpaired) electrons. The Morgan fingerprint density at radius 2 is 2.36 bits per heavy atom. The van der Waals surface area contributed by atoms with Gasteiger partial charge in [0, 0.05) is 0 Å². The number of aliphatic hydroxyl groups is 1. The van der Waals surface area contributed by atoms with Gasteiger partial charge in [-0.15, -0.1) is 0 Å². The minimum atomic E-state index is -0.413. The monoisotopic (exact) mass is 156 g/mol. The first kappa shape index (κ1) is 8.16. The van der Waals surface area contributed by atoms with Gasteiger partial charge in [-0.05, 0) is 6.42 Å². The minimum absolute atomic E-state index is 0.0977. The highest BCUT2D eigenvalue weighted by atomic mass is 16.3. The van der Waals surface area contributed by atoms with E-state index in [0.29, 0.717) is 5.69 Å². The summed E-state index contributed by atoms with van der Waals surface area (Å²) in [5.41, 5.74) is 7.03. The molecule has 0 amide bonds. The highest BCUT2D eigenvalue weighted by Crippen LogP contribution is 2.09. The van der Waals surface area contributed by atoms with Crippen LogP contribution >= 0.6 is 0 Å². The van der Waals surface area contributed by atoms with Gasteiger partial charge in [-0.1, -0.05) is 6.92 Å². The van der Waals surface area contributed by atoms with Gasteiger partial charge in [0.15, 0.2) is 0 Å². The number of aliphatic hydroxyl groups excluding tert-OH is 1. The molecule has 11 heavy (non-hydrogen) atoms. The number of rotatable bonds is 3. The first-order chi connectivity index (χ1) is 5.29. The lowest BCUT2D eigenvalue weighted by atomic mass is 10.1. The molecule has 1 aromatic heterocycles. The Hall–Kier alpha value is -0.940. The molecule has 1 heterocycles. The van der Waals surface area contributed by atoms with Crippen LogP contribution in [0, 0.1) is 0 Å². The van der Waals surface area contributed by atoms with E-state index in [1.165, 1.54) is 0 Å². The van der Waals surface area contributed by atoms with Crippen molar-refractivity contribution in [1.82, 2.24) is 15.4 Å². The molecule has 0 saturated carbocycles. The van der Waals surface area contributed by atoms with Crippen LogP contribution in [0.5, 0.6) is 0 Å². The molecule has 1 aromatic rings. The van der Waals surface area contributed by atoms with E-state index in [2.05, 4.69) is 15.4 Å². The second-order valence-electron chi connectivity index (χ2n) is 2.30. The predicted molar refractivity (Wildman–Crippen MR) is 39.8 cm³/mol. The van der Waals surface area contributed by atoms with E-state index in [-0.39, 0.29) is 6.61 Å². The Morgan fingerprint density at radius 3 is 2.91 bits per heavy atom. The van der Waals surface area contributed by atoms with E-state index < -0.39 is 6.04 Å². The van der Waals surface area contributed by atoms with E-state index >= 15 is 0 Å². The van der Waals surface area contributed by atoms with E-state index in [1.54, 1.807) is 0 Å². The summed E-state index contributed by atoms with van der Waals surface area (Å²) in [7, 11) is 0. The van der Waals surface area contributed by atoms with Crippen LogP contribution in [0.2, 0.25) is 0 Å². The number of aromatic amines is 1. The lowest BCUT2D eigenvalue weighted by molar-refractivity contribution is 0.265. The first-order valence-corrected chi connectivity index (χ1v) is 3.55. The van der Waals surface area contributed by atoms with Gasteiger partial charge in [0.05, 0.1) is 18.3 Å². The molecule has 0 saturated heterocycles. The average Bonchev–Trinajstić information content (AvgIpc) is 2.50. The Bertz CT molecular complexity index is 222. The Kier molecular flexibility index (Phi) is 2.56. The first-order valence-electron chi connectivity index (χ1n) is 3.55. The molecule has 0 aliphatic heterocycles. The van der Waals surface area contributed by atoms with E-state index in [0.717, 1.165) is 12.1 Å². The number of nitrogens with two attached hydrogens (primary N) is 1. The van der Waals surface area contributed by atoms with Crippen molar-refractivity contribution in [2.24, 2.45) is 5.73 Å². The van der Waals surface area contributed by atoms with E-state index in [4.69, 9.17) is 10.8 Å². The molecule has 4 N–H and O–H groups in total. The second kappa shape index (κ2) is 3.45. The van der Waals surface area contributed by atoms with Gasteiger partial charge in [-0.25, -0.2) is 0 Å². The molecule has 1 rings (SSSR count). The van der Waals surface area contributed by atoms with Crippen molar-refractivity contribution in [2.45, 2.75) is 19.4 Å². The Labute approximate surface area is 64.6 Å². The van der Waals surface area contributed by atoms with Crippen LogP contribution in [0.15, 0.2) is 0 Å². The maximum atomic E-state index is 8.72. The molecular weight excluding hydrogens is 144 g/mol. The zero-order chi connectivity index (χ0) is 8.27. The Balaban J connectivity index is 2.83. The van der Waals surface area contributed by atoms with Gasteiger partial charge in [-0.3, -0.25) is 0 Å². The molecule has 1 atom stereocenters. The highest BCUT2D eigenvalue weighted by Gasteiger charge is 2.12. The Morgan fingerprint density at radius 1 is 1.64 bits per heavy atom. The molecule has 5 heteroatoms. The predicted octanol–water partition coefficient (Wildman–Crippen LogP) is -0.641. The summed E-state index contributed by atoms with van der Waals surface area (Å²) in [5.74, 6) is 0. The average molecular weight is 156 g/mol. The van der Waals surface area contributed by atoms with Crippen molar-refractivity contribution in [2.75, 3.05) is 6.61 Å². The van der Waals surface area contributed by atoms with Crippen molar-refractivity contribution in [1.29, 1.82) is 0 Å². The molecule has 0 aliphatic rings. The van der Waals surface area contributed by atoms with Crippen LogP contribution in [0.25, 0.3) is 0 Å². The van der Waals surface area contributed by atoms with Crippen LogP contribution < -0.4 is 5.73 Å². The summed E-state index contributed by atoms with van der Waals surface area (Å²) in [6, 6.07) is -0.413. The summed E-state index contributed by atoms with van der Waals surface area (Å²) in [5, 5.41) is 18.9. The van der Waals surface area contributed by atoms with Crippen molar-refractivity contribution in [3.05, 3.63) is 11.4 Å². The zero-order valence-electron chi connectivity index (χ0n) is 6.41.